The van der Waals surface area contributed by atoms with Crippen LogP contribution in [-0.4, -0.2) is 25.9 Å². The van der Waals surface area contributed by atoms with Crippen molar-refractivity contribution < 1.29 is 19.1 Å². The molecule has 1 aromatic rings. The van der Waals surface area contributed by atoms with Gasteiger partial charge in [-0.3, -0.25) is 10.1 Å². The topological polar surface area (TPSA) is 70.8 Å². The predicted molar refractivity (Wildman–Crippen MR) is 52.2 cm³/mol. The summed E-state index contributed by atoms with van der Waals surface area (Å²) in [5.74, 6) is 0.714. The number of nitro benzene ring substituents is 1. The van der Waals surface area contributed by atoms with Crippen molar-refractivity contribution >= 4 is 5.69 Å². The van der Waals surface area contributed by atoms with Crippen LogP contribution in [0, 0.1) is 10.1 Å². The van der Waals surface area contributed by atoms with Crippen LogP contribution in [0.5, 0.6) is 11.5 Å². The molecule has 0 unspecified atom stereocenters. The maximum atomic E-state index is 10.5. The van der Waals surface area contributed by atoms with Crippen LogP contribution >= 0.6 is 0 Å². The summed E-state index contributed by atoms with van der Waals surface area (Å²) in [5.41, 5.74) is -0.0538. The molecule has 0 bridgehead atoms. The molecule has 0 radical (unpaired) electrons. The van der Waals surface area contributed by atoms with E-state index in [1.807, 2.05) is 0 Å². The molecule has 0 aliphatic rings. The van der Waals surface area contributed by atoms with Crippen molar-refractivity contribution in [2.45, 2.75) is 0 Å². The molecule has 1 rings (SSSR count). The molecule has 0 N–H and O–H groups in total. The third-order valence-corrected chi connectivity index (χ3v) is 1.69. The fraction of sp³-hybridized carbons (Fsp3) is 0.333. The van der Waals surface area contributed by atoms with Gasteiger partial charge in [-0.2, -0.15) is 0 Å². The van der Waals surface area contributed by atoms with Gasteiger partial charge in [-0.15, -0.1) is 0 Å². The van der Waals surface area contributed by atoms with Crippen molar-refractivity contribution in [1.82, 2.24) is 0 Å². The fourth-order valence-corrected chi connectivity index (χ4v) is 1.01. The summed E-state index contributed by atoms with van der Waals surface area (Å²) in [5, 5.41) is 10.5. The summed E-state index contributed by atoms with van der Waals surface area (Å²) in [6.45, 7) is 0.0114. The molecule has 15 heavy (non-hydrogen) atoms. The number of ether oxygens (including phenoxy) is 3. The Bertz CT molecular complexity index is 352. The maximum absolute atomic E-state index is 10.5. The molecular weight excluding hydrogens is 202 g/mol. The molecule has 6 heteroatoms. The standard InChI is InChI=1S/C9H11NO5/c1-13-6-15-9-5-7(10(11)12)3-4-8(9)14-2/h3-5H,6H2,1-2H3. The lowest BCUT2D eigenvalue weighted by molar-refractivity contribution is -0.385. The zero-order valence-corrected chi connectivity index (χ0v) is 8.43. The van der Waals surface area contributed by atoms with Crippen LogP contribution < -0.4 is 9.47 Å². The molecular formula is C9H11NO5. The van der Waals surface area contributed by atoms with E-state index in [0.29, 0.717) is 5.75 Å². The lowest BCUT2D eigenvalue weighted by Crippen LogP contribution is -2.01. The minimum absolute atomic E-state index is 0.0114. The molecule has 0 amide bonds. The Morgan fingerprint density at radius 2 is 2.07 bits per heavy atom. The fourth-order valence-electron chi connectivity index (χ4n) is 1.01. The van der Waals surface area contributed by atoms with E-state index < -0.39 is 4.92 Å². The van der Waals surface area contributed by atoms with Crippen molar-refractivity contribution in [3.8, 4) is 11.5 Å². The van der Waals surface area contributed by atoms with Crippen LogP contribution in [0.2, 0.25) is 0 Å². The Balaban J connectivity index is 2.96. The Hall–Kier alpha value is -1.82. The van der Waals surface area contributed by atoms with Crippen LogP contribution in [0.3, 0.4) is 0 Å². The quantitative estimate of drug-likeness (QED) is 0.422. The van der Waals surface area contributed by atoms with E-state index in [2.05, 4.69) is 0 Å². The SMILES string of the molecule is COCOc1cc([N+](=O)[O-])ccc1OC. The highest BCUT2D eigenvalue weighted by Gasteiger charge is 2.11. The van der Waals surface area contributed by atoms with E-state index in [0.717, 1.165) is 0 Å². The average Bonchev–Trinajstić information content (AvgIpc) is 2.25. The molecule has 1 aromatic carbocycles. The molecule has 0 saturated heterocycles. The highest BCUT2D eigenvalue weighted by Crippen LogP contribution is 2.30. The summed E-state index contributed by atoms with van der Waals surface area (Å²) in [4.78, 5) is 10.0. The van der Waals surface area contributed by atoms with Crippen molar-refractivity contribution in [2.24, 2.45) is 0 Å². The number of non-ortho nitro benzene ring substituents is 1. The van der Waals surface area contributed by atoms with Crippen molar-refractivity contribution in [3.63, 3.8) is 0 Å². The molecule has 0 heterocycles. The van der Waals surface area contributed by atoms with E-state index in [4.69, 9.17) is 14.2 Å². The first-order valence-corrected chi connectivity index (χ1v) is 4.13. The molecule has 0 saturated carbocycles. The molecule has 0 spiro atoms. The number of benzene rings is 1. The van der Waals surface area contributed by atoms with Crippen LogP contribution in [0.25, 0.3) is 0 Å². The number of nitrogens with zero attached hydrogens (tertiary/aromatic N) is 1. The number of methoxy groups -OCH3 is 2. The van der Waals surface area contributed by atoms with Gasteiger partial charge in [0.05, 0.1) is 18.1 Å². The normalized spacial score (nSPS) is 9.73. The van der Waals surface area contributed by atoms with Crippen molar-refractivity contribution in [2.75, 3.05) is 21.0 Å². The largest absolute Gasteiger partial charge is 0.493 e. The third-order valence-electron chi connectivity index (χ3n) is 1.69. The van der Waals surface area contributed by atoms with Crippen LogP contribution in [0.15, 0.2) is 18.2 Å². The van der Waals surface area contributed by atoms with Gasteiger partial charge in [0, 0.05) is 13.2 Å². The first-order valence-electron chi connectivity index (χ1n) is 4.13. The third kappa shape index (κ3) is 2.81. The van der Waals surface area contributed by atoms with Gasteiger partial charge in [0.15, 0.2) is 18.3 Å². The van der Waals surface area contributed by atoms with Gasteiger partial charge in [0.1, 0.15) is 0 Å². The molecule has 0 atom stereocenters. The van der Waals surface area contributed by atoms with Gasteiger partial charge in [-0.25, -0.2) is 0 Å². The second-order valence-electron chi connectivity index (χ2n) is 2.64. The average molecular weight is 213 g/mol. The Labute approximate surface area is 86.5 Å². The Morgan fingerprint density at radius 3 is 2.60 bits per heavy atom. The van der Waals surface area contributed by atoms with Gasteiger partial charge in [0.25, 0.3) is 5.69 Å². The predicted octanol–water partition coefficient (Wildman–Crippen LogP) is 1.59. The summed E-state index contributed by atoms with van der Waals surface area (Å²) in [7, 11) is 2.92. The highest BCUT2D eigenvalue weighted by atomic mass is 16.7. The lowest BCUT2D eigenvalue weighted by atomic mass is 10.3. The molecule has 0 fully saturated rings. The lowest BCUT2D eigenvalue weighted by Gasteiger charge is -2.08. The van der Waals surface area contributed by atoms with Gasteiger partial charge >= 0.3 is 0 Å². The second kappa shape index (κ2) is 5.16. The summed E-state index contributed by atoms with van der Waals surface area (Å²) >= 11 is 0. The van der Waals surface area contributed by atoms with Gasteiger partial charge < -0.3 is 14.2 Å². The van der Waals surface area contributed by atoms with E-state index in [1.54, 1.807) is 0 Å². The van der Waals surface area contributed by atoms with Gasteiger partial charge in [-0.05, 0) is 6.07 Å². The molecule has 6 nitrogen and oxygen atoms in total. The smallest absolute Gasteiger partial charge is 0.273 e. The first-order chi connectivity index (χ1) is 7.19. The summed E-state index contributed by atoms with van der Waals surface area (Å²) < 4.78 is 14.8. The molecule has 0 aliphatic heterocycles. The first kappa shape index (κ1) is 11.3. The molecule has 0 aliphatic carbocycles. The van der Waals surface area contributed by atoms with Crippen LogP contribution in [0.1, 0.15) is 0 Å². The summed E-state index contributed by atoms with van der Waals surface area (Å²) in [6.07, 6.45) is 0. The number of hydrogen-bond acceptors (Lipinski definition) is 5. The minimum atomic E-state index is -0.501. The van der Waals surface area contributed by atoms with E-state index >= 15 is 0 Å². The van der Waals surface area contributed by atoms with Crippen LogP contribution in [0.4, 0.5) is 5.69 Å². The van der Waals surface area contributed by atoms with E-state index in [1.165, 1.54) is 32.4 Å². The second-order valence-corrected chi connectivity index (χ2v) is 2.64. The van der Waals surface area contributed by atoms with Crippen molar-refractivity contribution in [1.29, 1.82) is 0 Å². The highest BCUT2D eigenvalue weighted by molar-refractivity contribution is 5.48. The van der Waals surface area contributed by atoms with Gasteiger partial charge in [0.2, 0.25) is 0 Å². The minimum Gasteiger partial charge on any atom is -0.493 e. The molecule has 82 valence electrons. The Kier molecular flexibility index (Phi) is 3.87. The van der Waals surface area contributed by atoms with Gasteiger partial charge in [-0.1, -0.05) is 0 Å². The number of hydrogen-bond donors (Lipinski definition) is 0. The number of rotatable bonds is 5. The van der Waals surface area contributed by atoms with Crippen LogP contribution in [-0.2, 0) is 4.74 Å². The zero-order valence-electron chi connectivity index (χ0n) is 8.43. The zero-order chi connectivity index (χ0) is 11.3. The number of nitro groups is 1. The van der Waals surface area contributed by atoms with Crippen molar-refractivity contribution in [3.05, 3.63) is 28.3 Å². The maximum Gasteiger partial charge on any atom is 0.273 e. The molecule has 0 aromatic heterocycles. The Morgan fingerprint density at radius 1 is 1.33 bits per heavy atom. The summed E-state index contributed by atoms with van der Waals surface area (Å²) in [6, 6.07) is 4.11. The van der Waals surface area contributed by atoms with E-state index in [-0.39, 0.29) is 18.2 Å². The van der Waals surface area contributed by atoms with E-state index in [9.17, 15) is 10.1 Å². The monoisotopic (exact) mass is 213 g/mol.